The molecule has 7 nitrogen and oxygen atoms in total. The van der Waals surface area contributed by atoms with Gasteiger partial charge in [0, 0.05) is 19.2 Å². The van der Waals surface area contributed by atoms with Crippen LogP contribution < -0.4 is 0 Å². The Balaban J connectivity index is 2.12. The second-order valence-corrected chi connectivity index (χ2v) is 4.35. The molecule has 0 spiro atoms. The largest absolute Gasteiger partial charge is 0.475 e. The topological polar surface area (TPSA) is 92.9 Å². The van der Waals surface area contributed by atoms with E-state index in [9.17, 15) is 9.59 Å². The van der Waals surface area contributed by atoms with Crippen molar-refractivity contribution in [2.45, 2.75) is 26.1 Å². The molecule has 1 aliphatic rings. The van der Waals surface area contributed by atoms with E-state index in [1.165, 1.54) is 0 Å². The van der Waals surface area contributed by atoms with Crippen LogP contribution >= 0.6 is 0 Å². The first-order valence-corrected chi connectivity index (χ1v) is 5.62. The minimum Gasteiger partial charge on any atom is -0.475 e. The zero-order chi connectivity index (χ0) is 13.3. The first-order valence-electron chi connectivity index (χ1n) is 5.62. The van der Waals surface area contributed by atoms with E-state index < -0.39 is 5.97 Å². The number of nitrogens with zero attached hydrogens (tertiary/aromatic N) is 2. The number of rotatable bonds is 2. The van der Waals surface area contributed by atoms with E-state index in [0.717, 1.165) is 6.07 Å². The Morgan fingerprint density at radius 2 is 2.00 bits per heavy atom. The number of aromatic carboxylic acids is 1. The zero-order valence-corrected chi connectivity index (χ0v) is 10.1. The lowest BCUT2D eigenvalue weighted by Gasteiger charge is -2.34. The third-order valence-corrected chi connectivity index (χ3v) is 2.65. The van der Waals surface area contributed by atoms with E-state index in [1.807, 2.05) is 13.8 Å². The summed E-state index contributed by atoms with van der Waals surface area (Å²) >= 11 is 0. The first kappa shape index (κ1) is 12.6. The van der Waals surface area contributed by atoms with E-state index in [2.05, 4.69) is 9.68 Å². The summed E-state index contributed by atoms with van der Waals surface area (Å²) in [7, 11) is 0. The van der Waals surface area contributed by atoms with Gasteiger partial charge in [0.1, 0.15) is 0 Å². The van der Waals surface area contributed by atoms with Crippen molar-refractivity contribution in [1.29, 1.82) is 0 Å². The van der Waals surface area contributed by atoms with Crippen LogP contribution in [-0.4, -0.2) is 52.3 Å². The summed E-state index contributed by atoms with van der Waals surface area (Å²) in [5.41, 5.74) is 0.00806. The lowest BCUT2D eigenvalue weighted by molar-refractivity contribution is -0.0588. The highest BCUT2D eigenvalue weighted by Gasteiger charge is 2.28. The molecule has 1 saturated heterocycles. The Morgan fingerprint density at radius 1 is 1.39 bits per heavy atom. The SMILES string of the molecule is C[C@@H]1CN(C(=O)c2cc(C(=O)O)on2)C[C@H](C)O1. The van der Waals surface area contributed by atoms with Crippen molar-refractivity contribution in [3.05, 3.63) is 17.5 Å². The van der Waals surface area contributed by atoms with Gasteiger partial charge in [0.2, 0.25) is 5.76 Å². The second kappa shape index (κ2) is 4.77. The molecule has 0 saturated carbocycles. The summed E-state index contributed by atoms with van der Waals surface area (Å²) < 4.78 is 10.1. The number of carbonyl (C=O) groups excluding carboxylic acids is 1. The Kier molecular flexibility index (Phi) is 3.33. The predicted octanol–water partition coefficient (Wildman–Crippen LogP) is 0.622. The quantitative estimate of drug-likeness (QED) is 0.831. The highest BCUT2D eigenvalue weighted by atomic mass is 16.5. The van der Waals surface area contributed by atoms with Crippen molar-refractivity contribution in [2.75, 3.05) is 13.1 Å². The van der Waals surface area contributed by atoms with Gasteiger partial charge in [0.25, 0.3) is 5.91 Å². The fraction of sp³-hybridized carbons (Fsp3) is 0.545. The molecular weight excluding hydrogens is 240 g/mol. The summed E-state index contributed by atoms with van der Waals surface area (Å²) in [5.74, 6) is -1.92. The van der Waals surface area contributed by atoms with Gasteiger partial charge in [-0.15, -0.1) is 0 Å². The van der Waals surface area contributed by atoms with Crippen LogP contribution in [0.25, 0.3) is 0 Å². The van der Waals surface area contributed by atoms with Crippen LogP contribution in [0.2, 0.25) is 0 Å². The first-order chi connectivity index (χ1) is 8.47. The molecule has 2 heterocycles. The number of ether oxygens (including phenoxy) is 1. The van der Waals surface area contributed by atoms with Gasteiger partial charge < -0.3 is 19.3 Å². The molecule has 1 N–H and O–H groups in total. The van der Waals surface area contributed by atoms with Crippen LogP contribution in [0, 0.1) is 0 Å². The lowest BCUT2D eigenvalue weighted by Crippen LogP contribution is -2.48. The minimum absolute atomic E-state index is 0.00806. The summed E-state index contributed by atoms with van der Waals surface area (Å²) in [6.45, 7) is 4.67. The number of hydrogen-bond acceptors (Lipinski definition) is 5. The van der Waals surface area contributed by atoms with Crippen LogP contribution in [0.4, 0.5) is 0 Å². The molecular formula is C11H14N2O5. The molecule has 98 valence electrons. The van der Waals surface area contributed by atoms with Crippen LogP contribution in [0.3, 0.4) is 0 Å². The van der Waals surface area contributed by atoms with Gasteiger partial charge in [0.15, 0.2) is 5.69 Å². The number of aromatic nitrogens is 1. The molecule has 1 aromatic rings. The third kappa shape index (κ3) is 2.51. The van der Waals surface area contributed by atoms with Gasteiger partial charge in [-0.05, 0) is 13.8 Å². The molecule has 0 unspecified atom stereocenters. The molecule has 0 radical (unpaired) electrons. The van der Waals surface area contributed by atoms with Crippen molar-refractivity contribution < 1.29 is 24.0 Å². The van der Waals surface area contributed by atoms with Gasteiger partial charge in [-0.25, -0.2) is 4.79 Å². The van der Waals surface area contributed by atoms with Crippen molar-refractivity contribution in [1.82, 2.24) is 10.1 Å². The normalized spacial score (nSPS) is 24.0. The smallest absolute Gasteiger partial charge is 0.374 e. The van der Waals surface area contributed by atoms with Crippen molar-refractivity contribution in [2.24, 2.45) is 0 Å². The van der Waals surface area contributed by atoms with Gasteiger partial charge in [-0.2, -0.15) is 0 Å². The van der Waals surface area contributed by atoms with Crippen molar-refractivity contribution >= 4 is 11.9 Å². The molecule has 0 aliphatic carbocycles. The highest BCUT2D eigenvalue weighted by Crippen LogP contribution is 2.14. The highest BCUT2D eigenvalue weighted by molar-refractivity contribution is 5.94. The summed E-state index contributed by atoms with van der Waals surface area (Å²) in [5, 5.41) is 12.2. The number of carboxylic acids is 1. The maximum atomic E-state index is 12.1. The molecule has 0 bridgehead atoms. The maximum Gasteiger partial charge on any atom is 0.374 e. The molecule has 0 aromatic carbocycles. The van der Waals surface area contributed by atoms with E-state index in [1.54, 1.807) is 4.90 Å². The fourth-order valence-electron chi connectivity index (χ4n) is 1.98. The zero-order valence-electron chi connectivity index (χ0n) is 10.1. The molecule has 2 rings (SSSR count). The van der Waals surface area contributed by atoms with Gasteiger partial charge in [-0.3, -0.25) is 4.79 Å². The van der Waals surface area contributed by atoms with E-state index >= 15 is 0 Å². The number of amides is 1. The molecule has 1 amide bonds. The lowest BCUT2D eigenvalue weighted by atomic mass is 10.2. The van der Waals surface area contributed by atoms with Crippen LogP contribution in [0.5, 0.6) is 0 Å². The summed E-state index contributed by atoms with van der Waals surface area (Å²) in [6, 6.07) is 1.13. The summed E-state index contributed by atoms with van der Waals surface area (Å²) in [6.07, 6.45) is -0.105. The average Bonchev–Trinajstić information content (AvgIpc) is 2.75. The molecule has 2 atom stereocenters. The average molecular weight is 254 g/mol. The molecule has 1 aliphatic heterocycles. The van der Waals surface area contributed by atoms with Gasteiger partial charge in [0.05, 0.1) is 12.2 Å². The Labute approximate surface area is 103 Å². The minimum atomic E-state index is -1.25. The van der Waals surface area contributed by atoms with Crippen molar-refractivity contribution in [3.63, 3.8) is 0 Å². The van der Waals surface area contributed by atoms with E-state index in [0.29, 0.717) is 13.1 Å². The maximum absolute atomic E-state index is 12.1. The molecule has 7 heteroatoms. The molecule has 1 fully saturated rings. The van der Waals surface area contributed by atoms with Gasteiger partial charge in [-0.1, -0.05) is 5.16 Å². The number of morpholine rings is 1. The number of carboxylic acid groups (broad SMARTS) is 1. The second-order valence-electron chi connectivity index (χ2n) is 4.35. The molecule has 18 heavy (non-hydrogen) atoms. The Morgan fingerprint density at radius 3 is 2.50 bits per heavy atom. The molecule has 1 aromatic heterocycles. The third-order valence-electron chi connectivity index (χ3n) is 2.65. The number of carbonyl (C=O) groups is 2. The monoisotopic (exact) mass is 254 g/mol. The number of hydrogen-bond donors (Lipinski definition) is 1. The Hall–Kier alpha value is -1.89. The van der Waals surface area contributed by atoms with Crippen LogP contribution in [0.1, 0.15) is 34.9 Å². The fourth-order valence-corrected chi connectivity index (χ4v) is 1.98. The predicted molar refractivity (Wildman–Crippen MR) is 59.4 cm³/mol. The Bertz CT molecular complexity index is 460. The van der Waals surface area contributed by atoms with Crippen LogP contribution in [0.15, 0.2) is 10.6 Å². The van der Waals surface area contributed by atoms with Gasteiger partial charge >= 0.3 is 5.97 Å². The summed E-state index contributed by atoms with van der Waals surface area (Å²) in [4.78, 5) is 24.3. The van der Waals surface area contributed by atoms with Crippen LogP contribution in [-0.2, 0) is 4.74 Å². The van der Waals surface area contributed by atoms with E-state index in [-0.39, 0.29) is 29.6 Å². The van der Waals surface area contributed by atoms with Crippen molar-refractivity contribution in [3.8, 4) is 0 Å². The standard InChI is InChI=1S/C11H14N2O5/c1-6-4-13(5-7(2)17-6)10(14)8-3-9(11(15)16)18-12-8/h3,6-7H,4-5H2,1-2H3,(H,15,16)/t6-,7+. The van der Waals surface area contributed by atoms with E-state index in [4.69, 9.17) is 9.84 Å².